The zero-order valence-corrected chi connectivity index (χ0v) is 13.3. The van der Waals surface area contributed by atoms with Crippen LogP contribution in [0.25, 0.3) is 0 Å². The van der Waals surface area contributed by atoms with E-state index in [1.54, 1.807) is 0 Å². The average Bonchev–Trinajstić information content (AvgIpc) is 2.81. The molecule has 1 aliphatic rings. The van der Waals surface area contributed by atoms with E-state index in [4.69, 9.17) is 0 Å². The minimum Gasteiger partial charge on any atom is -0.320 e. The molecule has 6 heteroatoms. The van der Waals surface area contributed by atoms with E-state index in [1.165, 1.54) is 0 Å². The lowest BCUT2D eigenvalue weighted by atomic mass is 10.1. The van der Waals surface area contributed by atoms with Crippen molar-refractivity contribution in [2.24, 2.45) is 5.92 Å². The average molecular weight is 291 g/mol. The topological polar surface area (TPSA) is 61.4 Å². The van der Waals surface area contributed by atoms with E-state index in [1.807, 2.05) is 7.05 Å². The predicted molar refractivity (Wildman–Crippen MR) is 79.8 cm³/mol. The third kappa shape index (κ3) is 6.70. The molecule has 114 valence electrons. The summed E-state index contributed by atoms with van der Waals surface area (Å²) < 4.78 is 26.4. The van der Waals surface area contributed by atoms with Gasteiger partial charge in [-0.05, 0) is 59.2 Å². The van der Waals surface area contributed by atoms with Gasteiger partial charge in [0.25, 0.3) is 0 Å². The Balaban J connectivity index is 2.21. The van der Waals surface area contributed by atoms with Crippen LogP contribution in [0.3, 0.4) is 0 Å². The Hall–Kier alpha value is -0.170. The molecule has 0 saturated carbocycles. The fourth-order valence-electron chi connectivity index (χ4n) is 2.41. The van der Waals surface area contributed by atoms with Gasteiger partial charge < -0.3 is 10.2 Å². The van der Waals surface area contributed by atoms with Gasteiger partial charge >= 0.3 is 0 Å². The third-order valence-corrected chi connectivity index (χ3v) is 5.16. The van der Waals surface area contributed by atoms with Crippen LogP contribution < -0.4 is 10.0 Å². The monoisotopic (exact) mass is 291 g/mol. The van der Waals surface area contributed by atoms with Gasteiger partial charge in [0.2, 0.25) is 10.0 Å². The Morgan fingerprint density at radius 1 is 1.32 bits per heavy atom. The molecule has 2 N–H and O–H groups in total. The van der Waals surface area contributed by atoms with Gasteiger partial charge in [-0.15, -0.1) is 0 Å². The molecule has 1 aliphatic heterocycles. The summed E-state index contributed by atoms with van der Waals surface area (Å²) in [6.45, 7) is 7.95. The van der Waals surface area contributed by atoms with Crippen molar-refractivity contribution in [1.29, 1.82) is 0 Å². The molecule has 0 amide bonds. The van der Waals surface area contributed by atoms with E-state index in [9.17, 15) is 8.42 Å². The van der Waals surface area contributed by atoms with Crippen molar-refractivity contribution >= 4 is 10.0 Å². The van der Waals surface area contributed by atoms with E-state index >= 15 is 0 Å². The maximum Gasteiger partial charge on any atom is 0.211 e. The maximum atomic E-state index is 11.8. The van der Waals surface area contributed by atoms with E-state index in [0.717, 1.165) is 38.9 Å². The number of nitrogens with zero attached hydrogens (tertiary/aromatic N) is 1. The minimum absolute atomic E-state index is 0.245. The smallest absolute Gasteiger partial charge is 0.211 e. The molecule has 0 aromatic rings. The van der Waals surface area contributed by atoms with Gasteiger partial charge in [0.05, 0.1) is 5.75 Å². The Labute approximate surface area is 118 Å². The first kappa shape index (κ1) is 16.9. The molecule has 1 saturated heterocycles. The minimum atomic E-state index is -3.08. The summed E-state index contributed by atoms with van der Waals surface area (Å²) in [6.07, 6.45) is 2.72. The molecule has 1 fully saturated rings. The van der Waals surface area contributed by atoms with Crippen molar-refractivity contribution in [3.8, 4) is 0 Å². The van der Waals surface area contributed by atoms with Crippen LogP contribution in [-0.4, -0.2) is 58.3 Å². The first-order valence-corrected chi connectivity index (χ1v) is 8.96. The summed E-state index contributed by atoms with van der Waals surface area (Å²) in [5.74, 6) is 0.712. The van der Waals surface area contributed by atoms with Crippen molar-refractivity contribution in [2.45, 2.75) is 39.2 Å². The molecule has 0 radical (unpaired) electrons. The SMILES string of the molecule is CNCCCCS(=O)(=O)NCC1CCN(C(C)C)C1. The fraction of sp³-hybridized carbons (Fsp3) is 1.00. The molecule has 0 aromatic carbocycles. The molecular formula is C13H29N3O2S. The maximum absolute atomic E-state index is 11.8. The lowest BCUT2D eigenvalue weighted by molar-refractivity contribution is 0.265. The van der Waals surface area contributed by atoms with E-state index in [2.05, 4.69) is 28.8 Å². The van der Waals surface area contributed by atoms with E-state index in [-0.39, 0.29) is 5.75 Å². The second-order valence-electron chi connectivity index (χ2n) is 5.72. The van der Waals surface area contributed by atoms with Crippen molar-refractivity contribution < 1.29 is 8.42 Å². The number of rotatable bonds is 9. The van der Waals surface area contributed by atoms with Gasteiger partial charge in [0.15, 0.2) is 0 Å². The van der Waals surface area contributed by atoms with Gasteiger partial charge in [-0.3, -0.25) is 0 Å². The normalized spacial score (nSPS) is 21.4. The standard InChI is InChI=1S/C13H29N3O2S/c1-12(2)16-8-6-13(11-16)10-15-19(17,18)9-5-4-7-14-3/h12-15H,4-11H2,1-3H3. The molecule has 0 spiro atoms. The van der Waals surface area contributed by atoms with Crippen molar-refractivity contribution in [3.05, 3.63) is 0 Å². The summed E-state index contributed by atoms with van der Waals surface area (Å²) in [5, 5.41) is 3.03. The molecule has 1 unspecified atom stereocenters. The fourth-order valence-corrected chi connectivity index (χ4v) is 3.63. The zero-order chi connectivity index (χ0) is 14.3. The summed E-state index contributed by atoms with van der Waals surface area (Å²) in [6, 6.07) is 0.558. The molecule has 19 heavy (non-hydrogen) atoms. The first-order valence-electron chi connectivity index (χ1n) is 7.30. The van der Waals surface area contributed by atoms with Crippen LogP contribution >= 0.6 is 0 Å². The summed E-state index contributed by atoms with van der Waals surface area (Å²) >= 11 is 0. The van der Waals surface area contributed by atoms with E-state index < -0.39 is 10.0 Å². The Kier molecular flexibility index (Phi) is 7.28. The second-order valence-corrected chi connectivity index (χ2v) is 7.65. The highest BCUT2D eigenvalue weighted by Gasteiger charge is 2.25. The molecule has 1 rings (SSSR count). The molecule has 0 aromatic heterocycles. The molecular weight excluding hydrogens is 262 g/mol. The lowest BCUT2D eigenvalue weighted by Gasteiger charge is -2.20. The summed E-state index contributed by atoms with van der Waals surface area (Å²) in [4.78, 5) is 2.41. The largest absolute Gasteiger partial charge is 0.320 e. The van der Waals surface area contributed by atoms with Crippen LogP contribution in [0.4, 0.5) is 0 Å². The highest BCUT2D eigenvalue weighted by molar-refractivity contribution is 7.89. The molecule has 0 bridgehead atoms. The predicted octanol–water partition coefficient (Wildman–Crippen LogP) is 0.636. The number of hydrogen-bond donors (Lipinski definition) is 2. The summed E-state index contributed by atoms with van der Waals surface area (Å²) in [7, 11) is -1.20. The van der Waals surface area contributed by atoms with Gasteiger partial charge in [-0.2, -0.15) is 0 Å². The van der Waals surface area contributed by atoms with Crippen LogP contribution in [0, 0.1) is 5.92 Å². The second kappa shape index (κ2) is 8.19. The first-order chi connectivity index (χ1) is 8.94. The number of nitrogens with one attached hydrogen (secondary N) is 2. The number of sulfonamides is 1. The van der Waals surface area contributed by atoms with Crippen molar-refractivity contribution in [2.75, 3.05) is 39.0 Å². The van der Waals surface area contributed by atoms with Crippen molar-refractivity contribution in [1.82, 2.24) is 14.9 Å². The van der Waals surface area contributed by atoms with Crippen molar-refractivity contribution in [3.63, 3.8) is 0 Å². The highest BCUT2D eigenvalue weighted by Crippen LogP contribution is 2.17. The van der Waals surface area contributed by atoms with Gasteiger partial charge in [0, 0.05) is 19.1 Å². The van der Waals surface area contributed by atoms with Gasteiger partial charge in [0.1, 0.15) is 0 Å². The lowest BCUT2D eigenvalue weighted by Crippen LogP contribution is -2.34. The molecule has 0 aliphatic carbocycles. The van der Waals surface area contributed by atoms with Crippen LogP contribution in [0.2, 0.25) is 0 Å². The molecule has 5 nitrogen and oxygen atoms in total. The van der Waals surface area contributed by atoms with Crippen LogP contribution in [0.1, 0.15) is 33.1 Å². The summed E-state index contributed by atoms with van der Waals surface area (Å²) in [5.41, 5.74) is 0. The third-order valence-electron chi connectivity index (χ3n) is 3.73. The number of likely N-dealkylation sites (tertiary alicyclic amines) is 1. The quantitative estimate of drug-likeness (QED) is 0.612. The van der Waals surface area contributed by atoms with Gasteiger partial charge in [-0.25, -0.2) is 13.1 Å². The van der Waals surface area contributed by atoms with Gasteiger partial charge in [-0.1, -0.05) is 0 Å². The Morgan fingerprint density at radius 2 is 2.05 bits per heavy atom. The van der Waals surface area contributed by atoms with Crippen LogP contribution in [0.5, 0.6) is 0 Å². The Bertz CT molecular complexity index is 344. The number of unbranched alkanes of at least 4 members (excludes halogenated alkanes) is 1. The highest BCUT2D eigenvalue weighted by atomic mass is 32.2. The Morgan fingerprint density at radius 3 is 2.63 bits per heavy atom. The molecule has 1 atom stereocenters. The van der Waals surface area contributed by atoms with E-state index in [0.29, 0.717) is 18.5 Å². The zero-order valence-electron chi connectivity index (χ0n) is 12.5. The van der Waals surface area contributed by atoms with Crippen LogP contribution in [-0.2, 0) is 10.0 Å². The molecule has 1 heterocycles. The number of hydrogen-bond acceptors (Lipinski definition) is 4. The van der Waals surface area contributed by atoms with Crippen LogP contribution in [0.15, 0.2) is 0 Å².